The van der Waals surface area contributed by atoms with E-state index in [9.17, 15) is 4.39 Å². The molecule has 0 aliphatic carbocycles. The highest BCUT2D eigenvalue weighted by Gasteiger charge is 2.19. The van der Waals surface area contributed by atoms with Gasteiger partial charge in [0.1, 0.15) is 17.2 Å². The number of hydrogen-bond acceptors (Lipinski definition) is 6. The third-order valence-electron chi connectivity index (χ3n) is 5.30. The fourth-order valence-corrected chi connectivity index (χ4v) is 3.69. The van der Waals surface area contributed by atoms with E-state index in [0.717, 1.165) is 48.2 Å². The summed E-state index contributed by atoms with van der Waals surface area (Å²) in [6, 6.07) is 10.8. The van der Waals surface area contributed by atoms with Crippen LogP contribution in [-0.4, -0.2) is 44.3 Å². The minimum Gasteiger partial charge on any atom is -0.355 e. The topological polar surface area (TPSA) is 96.6 Å². The van der Waals surface area contributed by atoms with E-state index < -0.39 is 5.95 Å². The Kier molecular flexibility index (Phi) is 4.40. The molecule has 8 heteroatoms. The molecule has 4 heterocycles. The number of fused-ring (bicyclic) bond motifs is 1. The Morgan fingerprint density at radius 1 is 1.03 bits per heavy atom. The van der Waals surface area contributed by atoms with E-state index in [0.29, 0.717) is 17.1 Å². The second-order valence-electron chi connectivity index (χ2n) is 7.27. The summed E-state index contributed by atoms with van der Waals surface area (Å²) in [7, 11) is 0. The molecule has 1 saturated heterocycles. The maximum absolute atomic E-state index is 13.5. The number of aromatic nitrogens is 5. The van der Waals surface area contributed by atoms with E-state index in [1.54, 1.807) is 24.5 Å². The summed E-state index contributed by atoms with van der Waals surface area (Å²) in [6.07, 6.45) is 5.38. The smallest absolute Gasteiger partial charge is 0.213 e. The van der Waals surface area contributed by atoms with Crippen molar-refractivity contribution < 1.29 is 4.39 Å². The fourth-order valence-electron chi connectivity index (χ4n) is 3.69. The van der Waals surface area contributed by atoms with E-state index >= 15 is 0 Å². The number of halogens is 1. The SMILES string of the molecule is NC1CCN(c2cncc(-c3n[nH]c4ccc(-c5cccc(F)n5)cc34)n2)CC1. The lowest BCUT2D eigenvalue weighted by molar-refractivity contribution is 0.498. The zero-order valence-electron chi connectivity index (χ0n) is 15.7. The highest BCUT2D eigenvalue weighted by molar-refractivity contribution is 5.94. The van der Waals surface area contributed by atoms with Gasteiger partial charge in [-0.05, 0) is 37.1 Å². The van der Waals surface area contributed by atoms with Gasteiger partial charge >= 0.3 is 0 Å². The number of hydrogen-bond donors (Lipinski definition) is 2. The molecule has 0 amide bonds. The molecule has 3 aromatic heterocycles. The lowest BCUT2D eigenvalue weighted by Crippen LogP contribution is -2.40. The molecular weight excluding hydrogens is 369 g/mol. The summed E-state index contributed by atoms with van der Waals surface area (Å²) in [6.45, 7) is 1.74. The minimum atomic E-state index is -0.505. The van der Waals surface area contributed by atoms with Crippen molar-refractivity contribution in [1.82, 2.24) is 25.1 Å². The Morgan fingerprint density at radius 3 is 2.72 bits per heavy atom. The first-order valence-electron chi connectivity index (χ1n) is 9.61. The first kappa shape index (κ1) is 17.7. The Balaban J connectivity index is 1.53. The standard InChI is InChI=1S/C21H20FN7/c22-19-3-1-2-16(25-19)13-4-5-17-15(10-13)21(28-27-17)18-11-24-12-20(26-18)29-8-6-14(23)7-9-29/h1-5,10-12,14H,6-9,23H2,(H,27,28). The van der Waals surface area contributed by atoms with Crippen LogP contribution in [0.5, 0.6) is 0 Å². The molecule has 5 rings (SSSR count). The van der Waals surface area contributed by atoms with Crippen molar-refractivity contribution in [3.05, 3.63) is 54.7 Å². The quantitative estimate of drug-likeness (QED) is 0.523. The van der Waals surface area contributed by atoms with Crippen molar-refractivity contribution in [3.63, 3.8) is 0 Å². The predicted octanol–water partition coefficient (Wildman–Crippen LogP) is 3.15. The van der Waals surface area contributed by atoms with Crippen molar-refractivity contribution in [2.24, 2.45) is 5.73 Å². The number of nitrogens with zero attached hydrogens (tertiary/aromatic N) is 5. The molecule has 0 radical (unpaired) electrons. The van der Waals surface area contributed by atoms with Crippen LogP contribution in [0.3, 0.4) is 0 Å². The highest BCUT2D eigenvalue weighted by Crippen LogP contribution is 2.30. The molecule has 1 fully saturated rings. The third kappa shape index (κ3) is 3.42. The lowest BCUT2D eigenvalue weighted by Gasteiger charge is -2.30. The number of H-pyrrole nitrogens is 1. The van der Waals surface area contributed by atoms with Gasteiger partial charge in [-0.3, -0.25) is 10.1 Å². The van der Waals surface area contributed by atoms with Crippen LogP contribution in [0, 0.1) is 5.95 Å². The van der Waals surface area contributed by atoms with E-state index in [4.69, 9.17) is 10.7 Å². The van der Waals surface area contributed by atoms with E-state index in [2.05, 4.69) is 25.1 Å². The molecule has 0 bridgehead atoms. The van der Waals surface area contributed by atoms with E-state index in [1.807, 2.05) is 18.2 Å². The van der Waals surface area contributed by atoms with E-state index in [1.165, 1.54) is 6.07 Å². The summed E-state index contributed by atoms with van der Waals surface area (Å²) in [5.74, 6) is 0.323. The molecule has 0 atom stereocenters. The van der Waals surface area contributed by atoms with Crippen LogP contribution in [0.4, 0.5) is 10.2 Å². The molecule has 0 spiro atoms. The van der Waals surface area contributed by atoms with Crippen LogP contribution >= 0.6 is 0 Å². The van der Waals surface area contributed by atoms with Gasteiger partial charge in [-0.1, -0.05) is 12.1 Å². The molecule has 0 unspecified atom stereocenters. The summed E-state index contributed by atoms with van der Waals surface area (Å²) in [5.41, 5.74) is 9.67. The van der Waals surface area contributed by atoms with Gasteiger partial charge in [0.2, 0.25) is 5.95 Å². The molecular formula is C21H20FN7. The van der Waals surface area contributed by atoms with Crippen molar-refractivity contribution in [2.75, 3.05) is 18.0 Å². The monoisotopic (exact) mass is 389 g/mol. The zero-order valence-corrected chi connectivity index (χ0v) is 15.7. The van der Waals surface area contributed by atoms with Crippen LogP contribution in [0.15, 0.2) is 48.8 Å². The Hall–Kier alpha value is -3.39. The van der Waals surface area contributed by atoms with Crippen molar-refractivity contribution in [2.45, 2.75) is 18.9 Å². The second-order valence-corrected chi connectivity index (χ2v) is 7.27. The van der Waals surface area contributed by atoms with Gasteiger partial charge in [-0.2, -0.15) is 9.49 Å². The minimum absolute atomic E-state index is 0.257. The van der Waals surface area contributed by atoms with Gasteiger partial charge in [-0.15, -0.1) is 0 Å². The number of nitrogens with one attached hydrogen (secondary N) is 1. The maximum Gasteiger partial charge on any atom is 0.213 e. The Bertz CT molecular complexity index is 1160. The molecule has 1 aromatic carbocycles. The normalized spacial score (nSPS) is 15.2. The summed E-state index contributed by atoms with van der Waals surface area (Å²) in [5, 5.41) is 8.38. The van der Waals surface area contributed by atoms with Crippen molar-refractivity contribution in [1.29, 1.82) is 0 Å². The highest BCUT2D eigenvalue weighted by atomic mass is 19.1. The van der Waals surface area contributed by atoms with Crippen molar-refractivity contribution in [3.8, 4) is 22.6 Å². The summed E-state index contributed by atoms with van der Waals surface area (Å²) in [4.78, 5) is 15.4. The number of pyridine rings is 1. The number of benzene rings is 1. The summed E-state index contributed by atoms with van der Waals surface area (Å²) < 4.78 is 13.5. The average molecular weight is 389 g/mol. The predicted molar refractivity (Wildman–Crippen MR) is 110 cm³/mol. The number of anilines is 1. The van der Waals surface area contributed by atoms with Gasteiger partial charge < -0.3 is 10.6 Å². The van der Waals surface area contributed by atoms with Gasteiger partial charge in [0, 0.05) is 30.1 Å². The van der Waals surface area contributed by atoms with Crippen LogP contribution in [-0.2, 0) is 0 Å². The average Bonchev–Trinajstić information content (AvgIpc) is 3.18. The van der Waals surface area contributed by atoms with Gasteiger partial charge in [0.05, 0.1) is 23.6 Å². The lowest BCUT2D eigenvalue weighted by atomic mass is 10.1. The number of nitrogens with two attached hydrogens (primary N) is 1. The molecule has 1 aliphatic heterocycles. The van der Waals surface area contributed by atoms with Gasteiger partial charge in [0.15, 0.2) is 0 Å². The van der Waals surface area contributed by atoms with E-state index in [-0.39, 0.29) is 6.04 Å². The molecule has 7 nitrogen and oxygen atoms in total. The number of rotatable bonds is 3. The largest absolute Gasteiger partial charge is 0.355 e. The first-order chi connectivity index (χ1) is 14.2. The van der Waals surface area contributed by atoms with Crippen molar-refractivity contribution >= 4 is 16.7 Å². The first-order valence-corrected chi connectivity index (χ1v) is 9.61. The number of piperidine rings is 1. The van der Waals surface area contributed by atoms with Gasteiger partial charge in [0.25, 0.3) is 0 Å². The second kappa shape index (κ2) is 7.21. The molecule has 146 valence electrons. The Morgan fingerprint density at radius 2 is 1.90 bits per heavy atom. The number of aromatic amines is 1. The Labute approximate surface area is 166 Å². The fraction of sp³-hybridized carbons (Fsp3) is 0.238. The molecule has 3 N–H and O–H groups in total. The van der Waals surface area contributed by atoms with Crippen LogP contribution in [0.25, 0.3) is 33.5 Å². The van der Waals surface area contributed by atoms with Crippen LogP contribution in [0.2, 0.25) is 0 Å². The third-order valence-corrected chi connectivity index (χ3v) is 5.30. The maximum atomic E-state index is 13.5. The molecule has 4 aromatic rings. The summed E-state index contributed by atoms with van der Waals surface area (Å²) >= 11 is 0. The molecule has 29 heavy (non-hydrogen) atoms. The van der Waals surface area contributed by atoms with Crippen LogP contribution < -0.4 is 10.6 Å². The molecule has 0 saturated carbocycles. The van der Waals surface area contributed by atoms with Gasteiger partial charge in [-0.25, -0.2) is 9.97 Å². The molecule has 1 aliphatic rings. The van der Waals surface area contributed by atoms with Crippen LogP contribution in [0.1, 0.15) is 12.8 Å². The zero-order chi connectivity index (χ0) is 19.8.